The van der Waals surface area contributed by atoms with E-state index in [4.69, 9.17) is 13.7 Å². The molecule has 1 N–H and O–H groups in total. The number of rotatable bonds is 7. The van der Waals surface area contributed by atoms with Crippen molar-refractivity contribution >= 4 is 5.91 Å². The van der Waals surface area contributed by atoms with Crippen molar-refractivity contribution in [2.45, 2.75) is 25.3 Å². The van der Waals surface area contributed by atoms with Gasteiger partial charge in [-0.15, -0.1) is 0 Å². The fourth-order valence-corrected chi connectivity index (χ4v) is 2.35. The lowest BCUT2D eigenvalue weighted by Gasteiger charge is -2.07. The Morgan fingerprint density at radius 2 is 2.08 bits per heavy atom. The summed E-state index contributed by atoms with van der Waals surface area (Å²) in [4.78, 5) is 16.2. The van der Waals surface area contributed by atoms with Crippen LogP contribution in [0.25, 0.3) is 11.4 Å². The quantitative estimate of drug-likeness (QED) is 0.712. The van der Waals surface area contributed by atoms with Crippen molar-refractivity contribution in [2.24, 2.45) is 0 Å². The number of benzene rings is 1. The van der Waals surface area contributed by atoms with Gasteiger partial charge in [-0.3, -0.25) is 4.79 Å². The summed E-state index contributed by atoms with van der Waals surface area (Å²) in [6.45, 7) is 0.281. The minimum atomic E-state index is -0.215. The normalized spacial score (nSPS) is 13.6. The highest BCUT2D eigenvalue weighted by atomic mass is 16.5. The van der Waals surface area contributed by atoms with Crippen molar-refractivity contribution in [1.29, 1.82) is 0 Å². The molecule has 0 aliphatic heterocycles. The summed E-state index contributed by atoms with van der Waals surface area (Å²) in [5.41, 5.74) is 0.852. The van der Waals surface area contributed by atoms with Crippen molar-refractivity contribution < 1.29 is 18.5 Å². The molecule has 0 radical (unpaired) electrons. The zero-order valence-electron chi connectivity index (χ0n) is 13.5. The van der Waals surface area contributed by atoms with E-state index in [1.807, 2.05) is 12.1 Å². The summed E-state index contributed by atoms with van der Waals surface area (Å²) >= 11 is 0. The maximum Gasteiger partial charge on any atom is 0.258 e. The molecule has 0 bridgehead atoms. The van der Waals surface area contributed by atoms with Crippen LogP contribution in [-0.2, 0) is 11.3 Å². The molecule has 2 aromatic heterocycles. The van der Waals surface area contributed by atoms with Crippen molar-refractivity contribution in [3.05, 3.63) is 54.3 Å². The molecule has 0 atom stereocenters. The second kappa shape index (κ2) is 6.80. The molecule has 4 rings (SSSR count). The molecule has 0 saturated heterocycles. The van der Waals surface area contributed by atoms with Crippen LogP contribution >= 0.6 is 0 Å². The molecule has 3 aromatic rings. The Bertz CT molecular complexity index is 836. The molecule has 0 unspecified atom stereocenters. The standard InChI is InChI=1S/C18H17N3O4/c22-16(19-10-15-2-1-9-23-15)11-24-14-7-5-12(6-8-14)17-20-18(25-21-17)13-3-4-13/h1-2,5-9,13H,3-4,10-11H2,(H,19,22). The third-order valence-electron chi connectivity index (χ3n) is 3.89. The minimum Gasteiger partial charge on any atom is -0.484 e. The Morgan fingerprint density at radius 3 is 2.80 bits per heavy atom. The summed E-state index contributed by atoms with van der Waals surface area (Å²) in [6, 6.07) is 10.8. The lowest BCUT2D eigenvalue weighted by Crippen LogP contribution is -2.28. The van der Waals surface area contributed by atoms with E-state index in [1.165, 1.54) is 0 Å². The molecule has 1 saturated carbocycles. The Morgan fingerprint density at radius 1 is 1.24 bits per heavy atom. The number of aromatic nitrogens is 2. The Balaban J connectivity index is 1.28. The Labute approximate surface area is 144 Å². The molecule has 1 aromatic carbocycles. The number of carbonyl (C=O) groups is 1. The molecule has 2 heterocycles. The van der Waals surface area contributed by atoms with E-state index in [0.29, 0.717) is 35.7 Å². The van der Waals surface area contributed by atoms with Crippen molar-refractivity contribution in [1.82, 2.24) is 15.5 Å². The lowest BCUT2D eigenvalue weighted by molar-refractivity contribution is -0.123. The number of nitrogens with one attached hydrogen (secondary N) is 1. The number of hydrogen-bond acceptors (Lipinski definition) is 6. The first kappa shape index (κ1) is 15.4. The van der Waals surface area contributed by atoms with Gasteiger partial charge in [0.2, 0.25) is 11.7 Å². The minimum absolute atomic E-state index is 0.0614. The fourth-order valence-electron chi connectivity index (χ4n) is 2.35. The van der Waals surface area contributed by atoms with Crippen LogP contribution in [0.3, 0.4) is 0 Å². The Hall–Kier alpha value is -3.09. The van der Waals surface area contributed by atoms with Gasteiger partial charge in [0.15, 0.2) is 6.61 Å². The van der Waals surface area contributed by atoms with Crippen molar-refractivity contribution in [3.8, 4) is 17.1 Å². The number of amides is 1. The van der Waals surface area contributed by atoms with Gasteiger partial charge >= 0.3 is 0 Å². The van der Waals surface area contributed by atoms with E-state index in [0.717, 1.165) is 18.4 Å². The van der Waals surface area contributed by atoms with Gasteiger partial charge in [0, 0.05) is 11.5 Å². The second-order valence-electron chi connectivity index (χ2n) is 5.90. The number of carbonyl (C=O) groups excluding carboxylic acids is 1. The van der Waals surface area contributed by atoms with Gasteiger partial charge < -0.3 is 19.0 Å². The average Bonchev–Trinajstić information content (AvgIpc) is 3.15. The molecule has 1 fully saturated rings. The first-order chi connectivity index (χ1) is 12.3. The highest BCUT2D eigenvalue weighted by Gasteiger charge is 2.29. The molecule has 0 spiro atoms. The maximum atomic E-state index is 11.8. The Kier molecular flexibility index (Phi) is 4.20. The van der Waals surface area contributed by atoms with Gasteiger partial charge in [-0.05, 0) is 49.2 Å². The van der Waals surface area contributed by atoms with Crippen LogP contribution in [0.4, 0.5) is 0 Å². The maximum absolute atomic E-state index is 11.8. The monoisotopic (exact) mass is 339 g/mol. The molecule has 25 heavy (non-hydrogen) atoms. The molecule has 7 heteroatoms. The zero-order chi connectivity index (χ0) is 17.1. The van der Waals surface area contributed by atoms with E-state index in [-0.39, 0.29) is 12.5 Å². The van der Waals surface area contributed by atoms with E-state index >= 15 is 0 Å². The van der Waals surface area contributed by atoms with Crippen molar-refractivity contribution in [2.75, 3.05) is 6.61 Å². The number of hydrogen-bond donors (Lipinski definition) is 1. The molecule has 128 valence electrons. The first-order valence-electron chi connectivity index (χ1n) is 8.14. The second-order valence-corrected chi connectivity index (χ2v) is 5.90. The van der Waals surface area contributed by atoms with Gasteiger partial charge in [-0.2, -0.15) is 4.98 Å². The molecular formula is C18H17N3O4. The van der Waals surface area contributed by atoms with Crippen LogP contribution in [0.5, 0.6) is 5.75 Å². The third-order valence-corrected chi connectivity index (χ3v) is 3.89. The zero-order valence-corrected chi connectivity index (χ0v) is 13.5. The summed E-state index contributed by atoms with van der Waals surface area (Å²) in [5, 5.41) is 6.72. The molecule has 1 aliphatic carbocycles. The van der Waals surface area contributed by atoms with Crippen LogP contribution in [0.2, 0.25) is 0 Å². The van der Waals surface area contributed by atoms with Gasteiger partial charge in [0.25, 0.3) is 5.91 Å². The van der Waals surface area contributed by atoms with Gasteiger partial charge in [-0.1, -0.05) is 5.16 Å². The third kappa shape index (κ3) is 3.88. The fraction of sp³-hybridized carbons (Fsp3) is 0.278. The number of nitrogens with zero attached hydrogens (tertiary/aromatic N) is 2. The lowest BCUT2D eigenvalue weighted by atomic mass is 10.2. The predicted molar refractivity (Wildman–Crippen MR) is 87.8 cm³/mol. The first-order valence-corrected chi connectivity index (χ1v) is 8.14. The van der Waals surface area contributed by atoms with Crippen LogP contribution < -0.4 is 10.1 Å². The largest absolute Gasteiger partial charge is 0.484 e. The SMILES string of the molecule is O=C(COc1ccc(-c2noc(C3CC3)n2)cc1)NCc1ccco1. The van der Waals surface area contributed by atoms with Crippen LogP contribution in [-0.4, -0.2) is 22.7 Å². The van der Waals surface area contributed by atoms with Gasteiger partial charge in [0.05, 0.1) is 12.8 Å². The van der Waals surface area contributed by atoms with Crippen LogP contribution in [0.1, 0.15) is 30.4 Å². The van der Waals surface area contributed by atoms with Crippen LogP contribution in [0.15, 0.2) is 51.6 Å². The van der Waals surface area contributed by atoms with Gasteiger partial charge in [0.1, 0.15) is 11.5 Å². The summed E-state index contributed by atoms with van der Waals surface area (Å²) in [6.07, 6.45) is 3.81. The molecule has 1 aliphatic rings. The summed E-state index contributed by atoms with van der Waals surface area (Å²) < 4.78 is 15.9. The van der Waals surface area contributed by atoms with E-state index in [9.17, 15) is 4.79 Å². The number of ether oxygens (including phenoxy) is 1. The van der Waals surface area contributed by atoms with Gasteiger partial charge in [-0.25, -0.2) is 0 Å². The van der Waals surface area contributed by atoms with E-state index in [1.54, 1.807) is 30.5 Å². The summed E-state index contributed by atoms with van der Waals surface area (Å²) in [5.74, 6) is 2.80. The molecule has 7 nitrogen and oxygen atoms in total. The van der Waals surface area contributed by atoms with E-state index in [2.05, 4.69) is 15.5 Å². The van der Waals surface area contributed by atoms with E-state index < -0.39 is 0 Å². The van der Waals surface area contributed by atoms with Crippen molar-refractivity contribution in [3.63, 3.8) is 0 Å². The average molecular weight is 339 g/mol. The smallest absolute Gasteiger partial charge is 0.258 e. The molecular weight excluding hydrogens is 322 g/mol. The van der Waals surface area contributed by atoms with Crippen LogP contribution in [0, 0.1) is 0 Å². The summed E-state index contributed by atoms with van der Waals surface area (Å²) in [7, 11) is 0. The predicted octanol–water partition coefficient (Wildman–Crippen LogP) is 2.90. The molecule has 1 amide bonds. The number of furan rings is 1. The topological polar surface area (TPSA) is 90.4 Å². The highest BCUT2D eigenvalue weighted by molar-refractivity contribution is 5.77. The highest BCUT2D eigenvalue weighted by Crippen LogP contribution is 2.39.